The first kappa shape index (κ1) is 14.5. The molecular weight excluding hydrogens is 342 g/mol. The third kappa shape index (κ3) is 2.67. The topological polar surface area (TPSA) is 71.8 Å². The fourth-order valence-corrected chi connectivity index (χ4v) is 2.56. The zero-order valence-corrected chi connectivity index (χ0v) is 13.5. The van der Waals surface area contributed by atoms with Crippen LogP contribution in [0, 0.1) is 6.92 Å². The summed E-state index contributed by atoms with van der Waals surface area (Å²) in [6.07, 6.45) is 3.45. The molecule has 3 rings (SSSR count). The lowest BCUT2D eigenvalue weighted by atomic mass is 10.1. The molecule has 0 unspecified atom stereocenters. The van der Waals surface area contributed by atoms with E-state index in [4.69, 9.17) is 5.73 Å². The third-order valence-electron chi connectivity index (χ3n) is 3.49. The maximum Gasteiger partial charge on any atom is 0.192 e. The Morgan fingerprint density at radius 3 is 2.77 bits per heavy atom. The lowest BCUT2D eigenvalue weighted by Crippen LogP contribution is -2.13. The summed E-state index contributed by atoms with van der Waals surface area (Å²) >= 11 is 3.34. The second-order valence-corrected chi connectivity index (χ2v) is 5.92. The van der Waals surface area contributed by atoms with Crippen molar-refractivity contribution < 1.29 is 0 Å². The van der Waals surface area contributed by atoms with E-state index in [0.717, 1.165) is 15.7 Å². The number of nitrogens with one attached hydrogen (secondary N) is 1. The van der Waals surface area contributed by atoms with E-state index in [1.807, 2.05) is 30.3 Å². The van der Waals surface area contributed by atoms with Crippen LogP contribution in [0.25, 0.3) is 22.7 Å². The van der Waals surface area contributed by atoms with Crippen LogP contribution in [0.15, 0.2) is 51.9 Å². The molecule has 5 heteroatoms. The van der Waals surface area contributed by atoms with Crippen molar-refractivity contribution in [3.63, 3.8) is 0 Å². The molecule has 4 nitrogen and oxygen atoms in total. The lowest BCUT2D eigenvalue weighted by Gasteiger charge is -2.08. The molecule has 2 aromatic heterocycles. The van der Waals surface area contributed by atoms with Gasteiger partial charge < -0.3 is 10.7 Å². The Balaban J connectivity index is 2.15. The number of fused-ring (bicyclic) bond motifs is 1. The minimum absolute atomic E-state index is 0.00975. The fourth-order valence-electron chi connectivity index (χ4n) is 2.33. The molecule has 0 amide bonds. The monoisotopic (exact) mass is 355 g/mol. The molecule has 110 valence electrons. The first-order chi connectivity index (χ1) is 10.6. The molecular formula is C17H14BrN3O. The van der Waals surface area contributed by atoms with Crippen LogP contribution in [-0.4, -0.2) is 9.97 Å². The van der Waals surface area contributed by atoms with Crippen molar-refractivity contribution in [2.24, 2.45) is 5.73 Å². The maximum absolute atomic E-state index is 12.4. The first-order valence-corrected chi connectivity index (χ1v) is 7.56. The molecule has 0 spiro atoms. The van der Waals surface area contributed by atoms with Crippen LogP contribution in [-0.2, 0) is 0 Å². The SMILES string of the molecule is Cc1c(C(N)=Cc2ccc(Br)cn2)[nH]c2ccccc2c1=O. The Kier molecular flexibility index (Phi) is 3.81. The Morgan fingerprint density at radius 2 is 2.05 bits per heavy atom. The second-order valence-electron chi connectivity index (χ2n) is 5.00. The van der Waals surface area contributed by atoms with Crippen LogP contribution in [0.4, 0.5) is 0 Å². The normalized spacial score (nSPS) is 11.8. The zero-order chi connectivity index (χ0) is 15.7. The number of aromatic amines is 1. The summed E-state index contributed by atoms with van der Waals surface area (Å²) in [4.78, 5) is 19.9. The highest BCUT2D eigenvalue weighted by Gasteiger charge is 2.10. The summed E-state index contributed by atoms with van der Waals surface area (Å²) < 4.78 is 0.901. The van der Waals surface area contributed by atoms with Crippen LogP contribution in [0.1, 0.15) is 17.0 Å². The van der Waals surface area contributed by atoms with Gasteiger partial charge in [0, 0.05) is 27.1 Å². The van der Waals surface area contributed by atoms with Gasteiger partial charge in [-0.3, -0.25) is 9.78 Å². The van der Waals surface area contributed by atoms with Gasteiger partial charge in [0.15, 0.2) is 5.43 Å². The van der Waals surface area contributed by atoms with Gasteiger partial charge in [0.05, 0.1) is 17.1 Å². The number of rotatable bonds is 2. The van der Waals surface area contributed by atoms with E-state index in [9.17, 15) is 4.79 Å². The quantitative estimate of drug-likeness (QED) is 0.739. The highest BCUT2D eigenvalue weighted by Crippen LogP contribution is 2.17. The molecule has 22 heavy (non-hydrogen) atoms. The molecule has 0 fully saturated rings. The molecule has 0 saturated carbocycles. The minimum Gasteiger partial charge on any atom is -0.397 e. The highest BCUT2D eigenvalue weighted by molar-refractivity contribution is 9.10. The van der Waals surface area contributed by atoms with Crippen molar-refractivity contribution in [1.29, 1.82) is 0 Å². The molecule has 1 aromatic carbocycles. The summed E-state index contributed by atoms with van der Waals surface area (Å²) in [7, 11) is 0. The number of benzene rings is 1. The van der Waals surface area contributed by atoms with Crippen LogP contribution in [0.2, 0.25) is 0 Å². The van der Waals surface area contributed by atoms with E-state index in [1.54, 1.807) is 25.3 Å². The predicted octanol–water partition coefficient (Wildman–Crippen LogP) is 3.45. The summed E-state index contributed by atoms with van der Waals surface area (Å²) in [5.74, 6) is 0. The zero-order valence-electron chi connectivity index (χ0n) is 11.9. The summed E-state index contributed by atoms with van der Waals surface area (Å²) in [6, 6.07) is 11.1. The predicted molar refractivity (Wildman–Crippen MR) is 93.3 cm³/mol. The summed E-state index contributed by atoms with van der Waals surface area (Å²) in [5, 5.41) is 0.665. The molecule has 0 aliphatic carbocycles. The van der Waals surface area contributed by atoms with Crippen molar-refractivity contribution in [2.45, 2.75) is 6.92 Å². The van der Waals surface area contributed by atoms with Crippen LogP contribution in [0.5, 0.6) is 0 Å². The lowest BCUT2D eigenvalue weighted by molar-refractivity contribution is 1.23. The molecule has 0 atom stereocenters. The molecule has 2 heterocycles. The minimum atomic E-state index is -0.00975. The number of H-pyrrole nitrogens is 1. The molecule has 3 N–H and O–H groups in total. The second kappa shape index (κ2) is 5.77. The van der Waals surface area contributed by atoms with Gasteiger partial charge >= 0.3 is 0 Å². The molecule has 0 bridgehead atoms. The smallest absolute Gasteiger partial charge is 0.192 e. The van der Waals surface area contributed by atoms with Crippen LogP contribution < -0.4 is 11.2 Å². The van der Waals surface area contributed by atoms with E-state index in [2.05, 4.69) is 25.9 Å². The van der Waals surface area contributed by atoms with Gasteiger partial charge in [-0.05, 0) is 53.2 Å². The van der Waals surface area contributed by atoms with Crippen molar-refractivity contribution in [3.8, 4) is 0 Å². The average Bonchev–Trinajstić information content (AvgIpc) is 2.53. The van der Waals surface area contributed by atoms with Gasteiger partial charge in [-0.15, -0.1) is 0 Å². The Labute approximate surface area is 135 Å². The standard InChI is InChI=1S/C17H14BrN3O/c1-10-16(14(19)8-12-7-6-11(18)9-20-12)21-15-5-3-2-4-13(15)17(10)22/h2-9H,19H2,1H3,(H,21,22). The van der Waals surface area contributed by atoms with Gasteiger partial charge in [-0.2, -0.15) is 0 Å². The number of nitrogens with two attached hydrogens (primary N) is 1. The van der Waals surface area contributed by atoms with Crippen LogP contribution >= 0.6 is 15.9 Å². The highest BCUT2D eigenvalue weighted by atomic mass is 79.9. The Morgan fingerprint density at radius 1 is 1.27 bits per heavy atom. The fraction of sp³-hybridized carbons (Fsp3) is 0.0588. The molecule has 0 saturated heterocycles. The summed E-state index contributed by atoms with van der Waals surface area (Å²) in [6.45, 7) is 1.77. The van der Waals surface area contributed by atoms with E-state index < -0.39 is 0 Å². The van der Waals surface area contributed by atoms with E-state index >= 15 is 0 Å². The van der Waals surface area contributed by atoms with E-state index in [1.165, 1.54) is 0 Å². The maximum atomic E-state index is 12.4. The number of pyridine rings is 2. The van der Waals surface area contributed by atoms with Gasteiger partial charge in [-0.1, -0.05) is 12.1 Å². The summed E-state index contributed by atoms with van der Waals surface area (Å²) in [5.41, 5.74) is 9.37. The molecule has 0 radical (unpaired) electrons. The van der Waals surface area contributed by atoms with Crippen LogP contribution in [0.3, 0.4) is 0 Å². The number of aromatic nitrogens is 2. The van der Waals surface area contributed by atoms with Crippen molar-refractivity contribution in [1.82, 2.24) is 9.97 Å². The van der Waals surface area contributed by atoms with Gasteiger partial charge in [0.2, 0.25) is 0 Å². The number of nitrogens with zero attached hydrogens (tertiary/aromatic N) is 1. The number of hydrogen-bond donors (Lipinski definition) is 2. The third-order valence-corrected chi connectivity index (χ3v) is 3.96. The van der Waals surface area contributed by atoms with Gasteiger partial charge in [0.1, 0.15) is 0 Å². The van der Waals surface area contributed by atoms with Crippen molar-refractivity contribution in [2.75, 3.05) is 0 Å². The van der Waals surface area contributed by atoms with Gasteiger partial charge in [-0.25, -0.2) is 0 Å². The Bertz CT molecular complexity index is 927. The molecule has 0 aliphatic heterocycles. The first-order valence-electron chi connectivity index (χ1n) is 6.77. The van der Waals surface area contributed by atoms with E-state index in [-0.39, 0.29) is 5.43 Å². The van der Waals surface area contributed by atoms with E-state index in [0.29, 0.717) is 22.3 Å². The number of para-hydroxylation sites is 1. The number of halogens is 1. The molecule has 3 aromatic rings. The van der Waals surface area contributed by atoms with Crippen molar-refractivity contribution in [3.05, 3.63) is 74.2 Å². The number of hydrogen-bond acceptors (Lipinski definition) is 3. The van der Waals surface area contributed by atoms with Gasteiger partial charge in [0.25, 0.3) is 0 Å². The Hall–Kier alpha value is -2.40. The molecule has 0 aliphatic rings. The van der Waals surface area contributed by atoms with Crippen molar-refractivity contribution >= 4 is 38.6 Å². The average molecular weight is 356 g/mol. The largest absolute Gasteiger partial charge is 0.397 e.